The maximum Gasteiger partial charge on any atom is 0.0205 e. The molecule has 0 aliphatic heterocycles. The molecule has 0 saturated heterocycles. The first-order valence-corrected chi connectivity index (χ1v) is 4.61. The molecular weight excluding hydrogens is 247 g/mol. The van der Waals surface area contributed by atoms with Crippen LogP contribution in [0.2, 0.25) is 0 Å². The number of benzene rings is 1. The van der Waals surface area contributed by atoms with Gasteiger partial charge in [0.05, 0.1) is 0 Å². The summed E-state index contributed by atoms with van der Waals surface area (Å²) in [4.78, 5) is 0. The maximum absolute atomic E-state index is 3.92. The van der Waals surface area contributed by atoms with E-state index in [1.54, 1.807) is 0 Å². The van der Waals surface area contributed by atoms with Gasteiger partial charge in [0.1, 0.15) is 0 Å². The van der Waals surface area contributed by atoms with Gasteiger partial charge in [0, 0.05) is 3.57 Å². The summed E-state index contributed by atoms with van der Waals surface area (Å²) in [5.41, 5.74) is 3.70. The van der Waals surface area contributed by atoms with Gasteiger partial charge in [0.15, 0.2) is 0 Å². The first kappa shape index (κ1) is 8.78. The number of halogens is 1. The lowest BCUT2D eigenvalue weighted by Crippen LogP contribution is -1.84. The molecule has 0 aliphatic rings. The minimum Gasteiger partial charge on any atom is -0.0955 e. The summed E-state index contributed by atoms with van der Waals surface area (Å²) >= 11 is 2.33. The van der Waals surface area contributed by atoms with Crippen molar-refractivity contribution in [2.45, 2.75) is 13.8 Å². The van der Waals surface area contributed by atoms with Crippen LogP contribution in [0.25, 0.3) is 5.57 Å². The fourth-order valence-electron chi connectivity index (χ4n) is 0.966. The fraction of sp³-hybridized carbons (Fsp3) is 0.200. The van der Waals surface area contributed by atoms with Crippen LogP contribution in [0, 0.1) is 10.5 Å². The Bertz CT molecular complexity index is 287. The van der Waals surface area contributed by atoms with Crippen molar-refractivity contribution >= 4 is 28.2 Å². The topological polar surface area (TPSA) is 0 Å². The summed E-state index contributed by atoms with van der Waals surface area (Å²) in [5, 5.41) is 0. The van der Waals surface area contributed by atoms with Crippen LogP contribution in [-0.2, 0) is 0 Å². The van der Waals surface area contributed by atoms with Crippen LogP contribution >= 0.6 is 22.6 Å². The summed E-state index contributed by atoms with van der Waals surface area (Å²) in [5.74, 6) is 0. The molecular formula is C10H11I. The van der Waals surface area contributed by atoms with Crippen molar-refractivity contribution < 1.29 is 0 Å². The van der Waals surface area contributed by atoms with Gasteiger partial charge in [-0.25, -0.2) is 0 Å². The second kappa shape index (κ2) is 3.39. The molecule has 0 saturated carbocycles. The van der Waals surface area contributed by atoms with Crippen LogP contribution in [-0.4, -0.2) is 0 Å². The second-order valence-corrected chi connectivity index (χ2v) is 3.93. The van der Waals surface area contributed by atoms with Gasteiger partial charge >= 0.3 is 0 Å². The van der Waals surface area contributed by atoms with Crippen LogP contribution in [0.1, 0.15) is 18.1 Å². The summed E-state index contributed by atoms with van der Waals surface area (Å²) in [6.07, 6.45) is 0. The normalized spacial score (nSPS) is 9.73. The summed E-state index contributed by atoms with van der Waals surface area (Å²) in [6.45, 7) is 8.06. The van der Waals surface area contributed by atoms with Crippen LogP contribution in [0.4, 0.5) is 0 Å². The summed E-state index contributed by atoms with van der Waals surface area (Å²) < 4.78 is 1.28. The Morgan fingerprint density at radius 3 is 2.55 bits per heavy atom. The van der Waals surface area contributed by atoms with Gasteiger partial charge in [-0.3, -0.25) is 0 Å². The highest BCUT2D eigenvalue weighted by Gasteiger charge is 1.98. The van der Waals surface area contributed by atoms with Gasteiger partial charge in [-0.2, -0.15) is 0 Å². The molecule has 1 aromatic rings. The smallest absolute Gasteiger partial charge is 0.0205 e. The number of aryl methyl sites for hydroxylation is 1. The SMILES string of the molecule is C=C(C)c1cc(C)ccc1I. The van der Waals surface area contributed by atoms with Gasteiger partial charge in [-0.05, 0) is 48.1 Å². The lowest BCUT2D eigenvalue weighted by molar-refractivity contribution is 1.42. The standard InChI is InChI=1S/C10H11I/c1-7(2)9-6-8(3)4-5-10(9)11/h4-6H,1H2,2-3H3. The zero-order chi connectivity index (χ0) is 8.43. The number of hydrogen-bond donors (Lipinski definition) is 0. The molecule has 0 radical (unpaired) electrons. The third-order valence-corrected chi connectivity index (χ3v) is 2.52. The molecule has 1 heteroatoms. The third kappa shape index (κ3) is 2.06. The highest BCUT2D eigenvalue weighted by Crippen LogP contribution is 2.20. The zero-order valence-corrected chi connectivity index (χ0v) is 8.97. The molecule has 1 aromatic carbocycles. The maximum atomic E-state index is 3.92. The van der Waals surface area contributed by atoms with Crippen molar-refractivity contribution in [2.75, 3.05) is 0 Å². The average Bonchev–Trinajstić information content (AvgIpc) is 1.94. The van der Waals surface area contributed by atoms with Crippen molar-refractivity contribution in [3.05, 3.63) is 39.5 Å². The van der Waals surface area contributed by atoms with E-state index in [-0.39, 0.29) is 0 Å². The van der Waals surface area contributed by atoms with E-state index in [4.69, 9.17) is 0 Å². The van der Waals surface area contributed by atoms with E-state index in [1.165, 1.54) is 14.7 Å². The molecule has 0 aromatic heterocycles. The third-order valence-electron chi connectivity index (χ3n) is 1.58. The Morgan fingerprint density at radius 1 is 1.45 bits per heavy atom. The molecule has 0 amide bonds. The van der Waals surface area contributed by atoms with Crippen molar-refractivity contribution in [3.8, 4) is 0 Å². The largest absolute Gasteiger partial charge is 0.0955 e. The average molecular weight is 258 g/mol. The Labute approximate surface area is 81.5 Å². The molecule has 0 nitrogen and oxygen atoms in total. The van der Waals surface area contributed by atoms with Crippen molar-refractivity contribution in [1.29, 1.82) is 0 Å². The molecule has 0 heterocycles. The lowest BCUT2D eigenvalue weighted by Gasteiger charge is -2.03. The predicted molar refractivity (Wildman–Crippen MR) is 58.6 cm³/mol. The lowest BCUT2D eigenvalue weighted by atomic mass is 10.1. The van der Waals surface area contributed by atoms with Gasteiger partial charge in [0.25, 0.3) is 0 Å². The van der Waals surface area contributed by atoms with Crippen molar-refractivity contribution in [1.82, 2.24) is 0 Å². The second-order valence-electron chi connectivity index (χ2n) is 2.76. The van der Waals surface area contributed by atoms with E-state index < -0.39 is 0 Å². The first-order chi connectivity index (χ1) is 5.11. The Balaban J connectivity index is 3.23. The molecule has 0 N–H and O–H groups in total. The first-order valence-electron chi connectivity index (χ1n) is 3.53. The minimum absolute atomic E-state index is 1.14. The van der Waals surface area contributed by atoms with Gasteiger partial charge in [-0.15, -0.1) is 0 Å². The van der Waals surface area contributed by atoms with E-state index in [0.29, 0.717) is 0 Å². The predicted octanol–water partition coefficient (Wildman–Crippen LogP) is 3.63. The molecule has 0 atom stereocenters. The van der Waals surface area contributed by atoms with Crippen LogP contribution in [0.3, 0.4) is 0 Å². The Morgan fingerprint density at radius 2 is 2.09 bits per heavy atom. The molecule has 1 rings (SSSR count). The fourth-order valence-corrected chi connectivity index (χ4v) is 1.76. The van der Waals surface area contributed by atoms with Gasteiger partial charge < -0.3 is 0 Å². The van der Waals surface area contributed by atoms with E-state index in [1.807, 2.05) is 6.92 Å². The Hall–Kier alpha value is -0.310. The zero-order valence-electron chi connectivity index (χ0n) is 6.82. The number of allylic oxidation sites excluding steroid dienone is 1. The monoisotopic (exact) mass is 258 g/mol. The molecule has 0 bridgehead atoms. The van der Waals surface area contributed by atoms with Crippen LogP contribution in [0.15, 0.2) is 24.8 Å². The highest BCUT2D eigenvalue weighted by atomic mass is 127. The van der Waals surface area contributed by atoms with E-state index >= 15 is 0 Å². The summed E-state index contributed by atoms with van der Waals surface area (Å²) in [7, 11) is 0. The molecule has 0 aliphatic carbocycles. The van der Waals surface area contributed by atoms with Gasteiger partial charge in [-0.1, -0.05) is 29.8 Å². The van der Waals surface area contributed by atoms with Crippen molar-refractivity contribution in [3.63, 3.8) is 0 Å². The highest BCUT2D eigenvalue weighted by molar-refractivity contribution is 14.1. The van der Waals surface area contributed by atoms with Crippen LogP contribution < -0.4 is 0 Å². The quantitative estimate of drug-likeness (QED) is 0.675. The van der Waals surface area contributed by atoms with Crippen LogP contribution in [0.5, 0.6) is 0 Å². The molecule has 0 fully saturated rings. The number of hydrogen-bond acceptors (Lipinski definition) is 0. The molecule has 58 valence electrons. The van der Waals surface area contributed by atoms with E-state index in [0.717, 1.165) is 5.57 Å². The van der Waals surface area contributed by atoms with E-state index in [2.05, 4.69) is 54.3 Å². The number of rotatable bonds is 1. The molecule has 0 spiro atoms. The minimum atomic E-state index is 1.14. The molecule has 11 heavy (non-hydrogen) atoms. The summed E-state index contributed by atoms with van der Waals surface area (Å²) in [6, 6.07) is 6.41. The molecule has 0 unspecified atom stereocenters. The Kier molecular flexibility index (Phi) is 2.71. The van der Waals surface area contributed by atoms with Crippen molar-refractivity contribution in [2.24, 2.45) is 0 Å². The van der Waals surface area contributed by atoms with E-state index in [9.17, 15) is 0 Å². The van der Waals surface area contributed by atoms with Gasteiger partial charge in [0.2, 0.25) is 0 Å².